The van der Waals surface area contributed by atoms with Crippen LogP contribution in [0, 0.1) is 17.2 Å². The molecular formula is C15H18N2O2. The van der Waals surface area contributed by atoms with Crippen molar-refractivity contribution >= 4 is 5.91 Å². The van der Waals surface area contributed by atoms with Gasteiger partial charge < -0.3 is 10.0 Å². The summed E-state index contributed by atoms with van der Waals surface area (Å²) in [6.45, 7) is 2.74. The second-order valence-electron chi connectivity index (χ2n) is 5.13. The maximum atomic E-state index is 12.5. The highest BCUT2D eigenvalue weighted by Gasteiger charge is 2.29. The zero-order valence-electron chi connectivity index (χ0n) is 11.0. The molecule has 1 amide bonds. The number of nitrogens with zero attached hydrogens (tertiary/aromatic N) is 2. The monoisotopic (exact) mass is 258 g/mol. The molecule has 0 aromatic heterocycles. The Labute approximate surface area is 113 Å². The molecule has 1 fully saturated rings. The highest BCUT2D eigenvalue weighted by atomic mass is 16.3. The van der Waals surface area contributed by atoms with Gasteiger partial charge in [0.25, 0.3) is 5.91 Å². The Hall–Kier alpha value is -1.86. The lowest BCUT2D eigenvalue weighted by molar-refractivity contribution is 0.0489. The Morgan fingerprint density at radius 1 is 1.53 bits per heavy atom. The standard InChI is InChI=1S/C15H18N2O2/c1-11-5-6-13(10-18)9-17(11)15(19)14-4-2-3-12(7-14)8-16/h2-4,7,11,13,18H,5-6,9-10H2,1H3. The molecule has 4 heteroatoms. The van der Waals surface area contributed by atoms with Crippen LogP contribution in [0.25, 0.3) is 0 Å². The van der Waals surface area contributed by atoms with Crippen LogP contribution in [-0.2, 0) is 0 Å². The zero-order valence-corrected chi connectivity index (χ0v) is 11.0. The van der Waals surface area contributed by atoms with Crippen molar-refractivity contribution in [2.24, 2.45) is 5.92 Å². The van der Waals surface area contributed by atoms with Crippen molar-refractivity contribution < 1.29 is 9.90 Å². The van der Waals surface area contributed by atoms with Gasteiger partial charge in [-0.3, -0.25) is 4.79 Å². The van der Waals surface area contributed by atoms with Crippen LogP contribution in [0.4, 0.5) is 0 Å². The van der Waals surface area contributed by atoms with E-state index in [-0.39, 0.29) is 24.5 Å². The number of rotatable bonds is 2. The second kappa shape index (κ2) is 5.85. The van der Waals surface area contributed by atoms with Gasteiger partial charge in [0.2, 0.25) is 0 Å². The first-order valence-corrected chi connectivity index (χ1v) is 6.57. The summed E-state index contributed by atoms with van der Waals surface area (Å²) in [5, 5.41) is 18.1. The Morgan fingerprint density at radius 3 is 3.00 bits per heavy atom. The van der Waals surface area contributed by atoms with Crippen LogP contribution < -0.4 is 0 Å². The topological polar surface area (TPSA) is 64.3 Å². The largest absolute Gasteiger partial charge is 0.396 e. The third-order valence-corrected chi connectivity index (χ3v) is 3.74. The molecule has 1 aromatic rings. The van der Waals surface area contributed by atoms with Crippen LogP contribution in [0.5, 0.6) is 0 Å². The van der Waals surface area contributed by atoms with Gasteiger partial charge in [0.1, 0.15) is 0 Å². The molecule has 1 saturated heterocycles. The zero-order chi connectivity index (χ0) is 13.8. The number of piperidine rings is 1. The number of aliphatic hydroxyl groups excluding tert-OH is 1. The van der Waals surface area contributed by atoms with Gasteiger partial charge in [-0.2, -0.15) is 5.26 Å². The van der Waals surface area contributed by atoms with Gasteiger partial charge in [0.05, 0.1) is 11.6 Å². The molecule has 2 rings (SSSR count). The highest BCUT2D eigenvalue weighted by molar-refractivity contribution is 5.94. The van der Waals surface area contributed by atoms with Crippen molar-refractivity contribution in [1.82, 2.24) is 4.90 Å². The summed E-state index contributed by atoms with van der Waals surface area (Å²) >= 11 is 0. The van der Waals surface area contributed by atoms with Crippen molar-refractivity contribution in [2.75, 3.05) is 13.2 Å². The summed E-state index contributed by atoms with van der Waals surface area (Å²) < 4.78 is 0. The van der Waals surface area contributed by atoms with Crippen LogP contribution >= 0.6 is 0 Å². The molecule has 0 radical (unpaired) electrons. The van der Waals surface area contributed by atoms with E-state index in [1.807, 2.05) is 13.0 Å². The fourth-order valence-corrected chi connectivity index (χ4v) is 2.50. The molecular weight excluding hydrogens is 240 g/mol. The molecule has 4 nitrogen and oxygen atoms in total. The minimum atomic E-state index is -0.0530. The van der Waals surface area contributed by atoms with Crippen molar-refractivity contribution in [3.63, 3.8) is 0 Å². The minimum absolute atomic E-state index is 0.0530. The second-order valence-corrected chi connectivity index (χ2v) is 5.13. The van der Waals surface area contributed by atoms with Gasteiger partial charge in [0, 0.05) is 24.8 Å². The lowest BCUT2D eigenvalue weighted by Gasteiger charge is -2.37. The fourth-order valence-electron chi connectivity index (χ4n) is 2.50. The van der Waals surface area contributed by atoms with E-state index in [0.29, 0.717) is 17.7 Å². The number of nitriles is 1. The Morgan fingerprint density at radius 2 is 2.32 bits per heavy atom. The molecule has 1 aliphatic rings. The molecule has 0 spiro atoms. The molecule has 1 N–H and O–H groups in total. The first-order chi connectivity index (χ1) is 9.15. The molecule has 19 heavy (non-hydrogen) atoms. The van der Waals surface area contributed by atoms with E-state index >= 15 is 0 Å². The number of benzene rings is 1. The molecule has 1 aromatic carbocycles. The van der Waals surface area contributed by atoms with Crippen LogP contribution in [0.2, 0.25) is 0 Å². The van der Waals surface area contributed by atoms with Crippen LogP contribution in [0.3, 0.4) is 0 Å². The Bertz CT molecular complexity index is 507. The third-order valence-electron chi connectivity index (χ3n) is 3.74. The number of aliphatic hydroxyl groups is 1. The average molecular weight is 258 g/mol. The first-order valence-electron chi connectivity index (χ1n) is 6.57. The molecule has 1 heterocycles. The first kappa shape index (κ1) is 13.6. The van der Waals surface area contributed by atoms with E-state index in [1.165, 1.54) is 0 Å². The molecule has 0 bridgehead atoms. The number of amides is 1. The molecule has 2 unspecified atom stereocenters. The van der Waals surface area contributed by atoms with E-state index in [1.54, 1.807) is 29.2 Å². The lowest BCUT2D eigenvalue weighted by atomic mass is 9.93. The van der Waals surface area contributed by atoms with Gasteiger partial charge in [0.15, 0.2) is 0 Å². The molecule has 0 aliphatic carbocycles. The summed E-state index contributed by atoms with van der Waals surface area (Å²) in [6, 6.07) is 9.00. The number of carbonyl (C=O) groups is 1. The van der Waals surface area contributed by atoms with Gasteiger partial charge >= 0.3 is 0 Å². The average Bonchev–Trinajstić information content (AvgIpc) is 2.47. The fraction of sp³-hybridized carbons (Fsp3) is 0.467. The predicted molar refractivity (Wildman–Crippen MR) is 71.5 cm³/mol. The molecule has 0 saturated carbocycles. The third kappa shape index (κ3) is 2.94. The van der Waals surface area contributed by atoms with E-state index < -0.39 is 0 Å². The van der Waals surface area contributed by atoms with E-state index in [4.69, 9.17) is 5.26 Å². The van der Waals surface area contributed by atoms with Crippen molar-refractivity contribution in [3.05, 3.63) is 35.4 Å². The molecule has 2 atom stereocenters. The van der Waals surface area contributed by atoms with E-state index in [2.05, 4.69) is 0 Å². The Balaban J connectivity index is 2.19. The maximum Gasteiger partial charge on any atom is 0.254 e. The van der Waals surface area contributed by atoms with Crippen molar-refractivity contribution in [1.29, 1.82) is 5.26 Å². The van der Waals surface area contributed by atoms with Gasteiger partial charge in [-0.15, -0.1) is 0 Å². The molecule has 1 aliphatic heterocycles. The van der Waals surface area contributed by atoms with Gasteiger partial charge in [-0.25, -0.2) is 0 Å². The summed E-state index contributed by atoms with van der Waals surface area (Å²) in [4.78, 5) is 14.3. The summed E-state index contributed by atoms with van der Waals surface area (Å²) in [6.07, 6.45) is 1.87. The summed E-state index contributed by atoms with van der Waals surface area (Å²) in [5.41, 5.74) is 1.04. The maximum absolute atomic E-state index is 12.5. The minimum Gasteiger partial charge on any atom is -0.396 e. The number of likely N-dealkylation sites (tertiary alicyclic amines) is 1. The smallest absolute Gasteiger partial charge is 0.254 e. The number of hydrogen-bond donors (Lipinski definition) is 1. The van der Waals surface area contributed by atoms with Crippen LogP contribution in [0.15, 0.2) is 24.3 Å². The Kier molecular flexibility index (Phi) is 4.18. The summed E-state index contributed by atoms with van der Waals surface area (Å²) in [7, 11) is 0. The lowest BCUT2D eigenvalue weighted by Crippen LogP contribution is -2.46. The van der Waals surface area contributed by atoms with E-state index in [9.17, 15) is 9.90 Å². The predicted octanol–water partition coefficient (Wildman–Crippen LogP) is 1.79. The van der Waals surface area contributed by atoms with Crippen molar-refractivity contribution in [3.8, 4) is 6.07 Å². The van der Waals surface area contributed by atoms with Crippen LogP contribution in [0.1, 0.15) is 35.7 Å². The van der Waals surface area contributed by atoms with Gasteiger partial charge in [-0.1, -0.05) is 6.07 Å². The SMILES string of the molecule is CC1CCC(CO)CN1C(=O)c1cccc(C#N)c1. The normalized spacial score (nSPS) is 22.9. The van der Waals surface area contributed by atoms with Gasteiger partial charge in [-0.05, 0) is 43.9 Å². The number of hydrogen-bond acceptors (Lipinski definition) is 3. The molecule has 100 valence electrons. The van der Waals surface area contributed by atoms with Crippen LogP contribution in [-0.4, -0.2) is 35.1 Å². The quantitative estimate of drug-likeness (QED) is 0.879. The number of carbonyl (C=O) groups excluding carboxylic acids is 1. The van der Waals surface area contributed by atoms with Crippen molar-refractivity contribution in [2.45, 2.75) is 25.8 Å². The van der Waals surface area contributed by atoms with E-state index in [0.717, 1.165) is 12.8 Å². The summed E-state index contributed by atoms with van der Waals surface area (Å²) in [5.74, 6) is 0.113. The highest BCUT2D eigenvalue weighted by Crippen LogP contribution is 2.23.